The highest BCUT2D eigenvalue weighted by atomic mass is 35.5. The van der Waals surface area contributed by atoms with Gasteiger partial charge in [-0.05, 0) is 36.2 Å². The third-order valence-corrected chi connectivity index (χ3v) is 5.01. The molecular formula is C20H21Cl2N3O. The predicted octanol–water partition coefficient (Wildman–Crippen LogP) is 4.77. The number of aromatic nitrogens is 2. The summed E-state index contributed by atoms with van der Waals surface area (Å²) in [5.41, 5.74) is 2.91. The molecule has 3 aromatic rings. The third kappa shape index (κ3) is 4.21. The molecule has 1 heterocycles. The first kappa shape index (κ1) is 18.8. The Kier molecular flexibility index (Phi) is 5.87. The van der Waals surface area contributed by atoms with Gasteiger partial charge >= 0.3 is 0 Å². The normalized spacial score (nSPS) is 13.4. The molecular weight excluding hydrogens is 369 g/mol. The minimum Gasteiger partial charge on any atom is -0.386 e. The lowest BCUT2D eigenvalue weighted by Crippen LogP contribution is -2.20. The molecule has 6 heteroatoms. The minimum absolute atomic E-state index is 0.235. The molecule has 0 bridgehead atoms. The first-order valence-electron chi connectivity index (χ1n) is 8.32. The van der Waals surface area contributed by atoms with Crippen LogP contribution in [0.1, 0.15) is 23.3 Å². The van der Waals surface area contributed by atoms with Crippen LogP contribution >= 0.6 is 23.2 Å². The first-order valence-corrected chi connectivity index (χ1v) is 9.08. The predicted molar refractivity (Wildman–Crippen MR) is 107 cm³/mol. The molecule has 3 rings (SSSR count). The number of halogens is 2. The molecule has 0 aliphatic carbocycles. The van der Waals surface area contributed by atoms with Gasteiger partial charge in [0.2, 0.25) is 0 Å². The number of hydrogen-bond acceptors (Lipinski definition) is 3. The van der Waals surface area contributed by atoms with Crippen LogP contribution in [0.4, 0.5) is 5.69 Å². The highest BCUT2D eigenvalue weighted by molar-refractivity contribution is 6.35. The zero-order valence-electron chi connectivity index (χ0n) is 14.7. The molecule has 1 aromatic heterocycles. The first-order chi connectivity index (χ1) is 12.5. The molecule has 26 heavy (non-hydrogen) atoms. The summed E-state index contributed by atoms with van der Waals surface area (Å²) in [6, 6.07) is 13.2. The van der Waals surface area contributed by atoms with Crippen molar-refractivity contribution in [1.29, 1.82) is 0 Å². The summed E-state index contributed by atoms with van der Waals surface area (Å²) >= 11 is 12.3. The van der Waals surface area contributed by atoms with E-state index >= 15 is 0 Å². The van der Waals surface area contributed by atoms with Crippen molar-refractivity contribution in [3.8, 4) is 0 Å². The number of rotatable bonds is 6. The van der Waals surface area contributed by atoms with Crippen molar-refractivity contribution in [3.05, 3.63) is 82.4 Å². The molecule has 0 aliphatic heterocycles. The van der Waals surface area contributed by atoms with Gasteiger partial charge in [-0.15, -0.1) is 0 Å². The number of imidazole rings is 1. The fraction of sp³-hybridized carbons (Fsp3) is 0.250. The van der Waals surface area contributed by atoms with Crippen LogP contribution in [-0.4, -0.2) is 28.8 Å². The second-order valence-corrected chi connectivity index (χ2v) is 7.30. The Hall–Kier alpha value is -2.01. The van der Waals surface area contributed by atoms with Crippen molar-refractivity contribution < 1.29 is 5.11 Å². The van der Waals surface area contributed by atoms with E-state index < -0.39 is 6.10 Å². The number of anilines is 1. The van der Waals surface area contributed by atoms with Gasteiger partial charge in [0, 0.05) is 47.8 Å². The van der Waals surface area contributed by atoms with Crippen LogP contribution in [0.5, 0.6) is 0 Å². The van der Waals surface area contributed by atoms with Gasteiger partial charge in [-0.1, -0.05) is 41.4 Å². The smallest absolute Gasteiger partial charge is 0.101 e. The van der Waals surface area contributed by atoms with Crippen molar-refractivity contribution in [2.75, 3.05) is 19.0 Å². The Morgan fingerprint density at radius 1 is 1.12 bits per heavy atom. The summed E-state index contributed by atoms with van der Waals surface area (Å²) in [6.07, 6.45) is 5.13. The van der Waals surface area contributed by atoms with Crippen molar-refractivity contribution in [2.24, 2.45) is 0 Å². The highest BCUT2D eigenvalue weighted by Crippen LogP contribution is 2.35. The molecule has 0 unspecified atom stereocenters. The van der Waals surface area contributed by atoms with E-state index in [1.807, 2.05) is 24.9 Å². The molecule has 2 atom stereocenters. The maximum Gasteiger partial charge on any atom is 0.101 e. The van der Waals surface area contributed by atoms with Crippen LogP contribution in [-0.2, 0) is 6.42 Å². The van der Waals surface area contributed by atoms with E-state index in [1.165, 1.54) is 0 Å². The number of aliphatic hydroxyl groups is 1. The van der Waals surface area contributed by atoms with Gasteiger partial charge < -0.3 is 14.6 Å². The van der Waals surface area contributed by atoms with Gasteiger partial charge in [-0.3, -0.25) is 0 Å². The van der Waals surface area contributed by atoms with Crippen molar-refractivity contribution >= 4 is 28.9 Å². The summed E-state index contributed by atoms with van der Waals surface area (Å²) in [7, 11) is 4.02. The number of aliphatic hydroxyl groups excluding tert-OH is 1. The molecule has 1 N–H and O–H groups in total. The van der Waals surface area contributed by atoms with Gasteiger partial charge in [-0.2, -0.15) is 0 Å². The minimum atomic E-state index is -0.789. The summed E-state index contributed by atoms with van der Waals surface area (Å²) in [5, 5.41) is 12.0. The lowest BCUT2D eigenvalue weighted by atomic mass is 9.95. The van der Waals surface area contributed by atoms with Crippen molar-refractivity contribution in [1.82, 2.24) is 9.55 Å². The van der Waals surface area contributed by atoms with E-state index in [4.69, 9.17) is 23.2 Å². The van der Waals surface area contributed by atoms with Gasteiger partial charge in [0.05, 0.1) is 12.4 Å². The zero-order valence-corrected chi connectivity index (χ0v) is 16.2. The Labute approximate surface area is 163 Å². The molecule has 0 saturated heterocycles. The van der Waals surface area contributed by atoms with E-state index in [0.29, 0.717) is 22.0 Å². The lowest BCUT2D eigenvalue weighted by Gasteiger charge is -2.26. The van der Waals surface area contributed by atoms with E-state index in [1.54, 1.807) is 30.7 Å². The Bertz CT molecular complexity index is 848. The van der Waals surface area contributed by atoms with Crippen molar-refractivity contribution in [2.45, 2.75) is 18.6 Å². The van der Waals surface area contributed by atoms with E-state index in [-0.39, 0.29) is 6.04 Å². The average molecular weight is 390 g/mol. The van der Waals surface area contributed by atoms with Gasteiger partial charge in [-0.25, -0.2) is 4.98 Å². The SMILES string of the molecule is CN(C)c1ccc(C[C@H]([C@H](O)c2ccc(Cl)cc2Cl)n2ccnc2)cc1. The monoisotopic (exact) mass is 389 g/mol. The fourth-order valence-corrected chi connectivity index (χ4v) is 3.49. The number of nitrogens with zero attached hydrogens (tertiary/aromatic N) is 3. The molecule has 0 fully saturated rings. The molecule has 0 spiro atoms. The van der Waals surface area contributed by atoms with E-state index in [2.05, 4.69) is 34.1 Å². The molecule has 0 aliphatic rings. The molecule has 4 nitrogen and oxygen atoms in total. The van der Waals surface area contributed by atoms with Crippen LogP contribution in [0.15, 0.2) is 61.2 Å². The summed E-state index contributed by atoms with van der Waals surface area (Å²) in [5.74, 6) is 0. The van der Waals surface area contributed by atoms with E-state index in [9.17, 15) is 5.11 Å². The van der Waals surface area contributed by atoms with E-state index in [0.717, 1.165) is 11.3 Å². The van der Waals surface area contributed by atoms with Gasteiger partial charge in [0.25, 0.3) is 0 Å². The van der Waals surface area contributed by atoms with Gasteiger partial charge in [0.1, 0.15) is 6.10 Å². The number of benzene rings is 2. The average Bonchev–Trinajstić information content (AvgIpc) is 3.14. The lowest BCUT2D eigenvalue weighted by molar-refractivity contribution is 0.112. The summed E-state index contributed by atoms with van der Waals surface area (Å²) < 4.78 is 1.91. The van der Waals surface area contributed by atoms with Crippen LogP contribution in [0.2, 0.25) is 10.0 Å². The maximum absolute atomic E-state index is 11.0. The fourth-order valence-electron chi connectivity index (χ4n) is 2.97. The van der Waals surface area contributed by atoms with Gasteiger partial charge in [0.15, 0.2) is 0 Å². The zero-order chi connectivity index (χ0) is 18.7. The largest absolute Gasteiger partial charge is 0.386 e. The second kappa shape index (κ2) is 8.12. The quantitative estimate of drug-likeness (QED) is 0.659. The molecule has 2 aromatic carbocycles. The van der Waals surface area contributed by atoms with Crippen LogP contribution in [0, 0.1) is 0 Å². The highest BCUT2D eigenvalue weighted by Gasteiger charge is 2.25. The Balaban J connectivity index is 1.90. The topological polar surface area (TPSA) is 41.3 Å². The molecule has 0 saturated carbocycles. The Morgan fingerprint density at radius 3 is 2.42 bits per heavy atom. The second-order valence-electron chi connectivity index (χ2n) is 6.45. The summed E-state index contributed by atoms with van der Waals surface area (Å²) in [4.78, 5) is 6.18. The third-order valence-electron chi connectivity index (χ3n) is 4.45. The molecule has 0 radical (unpaired) electrons. The standard InChI is InChI=1S/C20H21Cl2N3O/c1-24(2)16-6-3-14(4-7-16)11-19(25-10-9-23-13-25)20(26)17-8-5-15(21)12-18(17)22/h3-10,12-13,19-20,26H,11H2,1-2H3/t19-,20-/m1/s1. The summed E-state index contributed by atoms with van der Waals surface area (Å²) in [6.45, 7) is 0. The van der Waals surface area contributed by atoms with Crippen LogP contribution in [0.3, 0.4) is 0 Å². The molecule has 0 amide bonds. The van der Waals surface area contributed by atoms with Crippen LogP contribution < -0.4 is 4.90 Å². The Morgan fingerprint density at radius 2 is 1.85 bits per heavy atom. The van der Waals surface area contributed by atoms with Crippen molar-refractivity contribution in [3.63, 3.8) is 0 Å². The maximum atomic E-state index is 11.0. The number of hydrogen-bond donors (Lipinski definition) is 1. The molecule has 136 valence electrons. The van der Waals surface area contributed by atoms with Crippen LogP contribution in [0.25, 0.3) is 0 Å².